The SMILES string of the molecule is NOC(=O)CS(N)(N)Cc1ccccc1. The van der Waals surface area contributed by atoms with Gasteiger partial charge in [0.1, 0.15) is 5.75 Å². The summed E-state index contributed by atoms with van der Waals surface area (Å²) in [6, 6.07) is 9.52. The van der Waals surface area contributed by atoms with E-state index >= 15 is 0 Å². The number of carbonyl (C=O) groups excluding carboxylic acids is 1. The fraction of sp³-hybridized carbons (Fsp3) is 0.222. The fourth-order valence-electron chi connectivity index (χ4n) is 1.19. The molecule has 5 nitrogen and oxygen atoms in total. The fourth-order valence-corrected chi connectivity index (χ4v) is 2.61. The number of nitrogens with two attached hydrogens (primary N) is 3. The Morgan fingerprint density at radius 2 is 1.87 bits per heavy atom. The van der Waals surface area contributed by atoms with Gasteiger partial charge in [0, 0.05) is 5.75 Å². The van der Waals surface area contributed by atoms with Crippen molar-refractivity contribution >= 4 is 16.4 Å². The summed E-state index contributed by atoms with van der Waals surface area (Å²) in [5.41, 5.74) is 1.00. The van der Waals surface area contributed by atoms with E-state index in [9.17, 15) is 4.79 Å². The van der Waals surface area contributed by atoms with E-state index in [0.29, 0.717) is 5.75 Å². The van der Waals surface area contributed by atoms with Crippen molar-refractivity contribution in [3.63, 3.8) is 0 Å². The second-order valence-electron chi connectivity index (χ2n) is 3.27. The first-order valence-electron chi connectivity index (χ1n) is 4.31. The summed E-state index contributed by atoms with van der Waals surface area (Å²) in [4.78, 5) is 15.0. The molecular weight excluding hydrogens is 214 g/mol. The Morgan fingerprint density at radius 3 is 2.40 bits per heavy atom. The van der Waals surface area contributed by atoms with Crippen LogP contribution in [-0.2, 0) is 15.4 Å². The third-order valence-corrected chi connectivity index (χ3v) is 3.44. The van der Waals surface area contributed by atoms with E-state index in [1.807, 2.05) is 30.3 Å². The molecule has 0 aliphatic carbocycles. The molecule has 0 atom stereocenters. The zero-order chi connectivity index (χ0) is 11.3. The molecule has 1 aromatic carbocycles. The maximum atomic E-state index is 10.9. The van der Waals surface area contributed by atoms with Gasteiger partial charge in [-0.05, 0) is 5.56 Å². The van der Waals surface area contributed by atoms with Crippen molar-refractivity contribution in [3.05, 3.63) is 35.9 Å². The van der Waals surface area contributed by atoms with Gasteiger partial charge in [-0.2, -0.15) is 5.90 Å². The molecule has 0 radical (unpaired) electrons. The number of hydrogen-bond donors (Lipinski definition) is 3. The highest BCUT2D eigenvalue weighted by Crippen LogP contribution is 2.34. The quantitative estimate of drug-likeness (QED) is 0.638. The van der Waals surface area contributed by atoms with Crippen LogP contribution < -0.4 is 16.2 Å². The molecule has 1 rings (SSSR count). The average Bonchev–Trinajstić information content (AvgIpc) is 2.17. The first kappa shape index (κ1) is 12.0. The van der Waals surface area contributed by atoms with E-state index in [-0.39, 0.29) is 5.75 Å². The van der Waals surface area contributed by atoms with Crippen molar-refractivity contribution in [3.8, 4) is 0 Å². The lowest BCUT2D eigenvalue weighted by Crippen LogP contribution is -2.31. The van der Waals surface area contributed by atoms with Gasteiger partial charge in [-0.25, -0.2) is 4.79 Å². The molecule has 0 fully saturated rings. The van der Waals surface area contributed by atoms with Crippen LogP contribution in [0.1, 0.15) is 5.56 Å². The van der Waals surface area contributed by atoms with Crippen molar-refractivity contribution in [2.75, 3.05) is 5.75 Å². The van der Waals surface area contributed by atoms with Crippen LogP contribution in [0, 0.1) is 0 Å². The summed E-state index contributed by atoms with van der Waals surface area (Å²) in [6.07, 6.45) is 0. The predicted octanol–water partition coefficient (Wildman–Crippen LogP) is 0.156. The second-order valence-corrected chi connectivity index (χ2v) is 5.86. The van der Waals surface area contributed by atoms with Crippen LogP contribution in [0.25, 0.3) is 0 Å². The minimum Gasteiger partial charge on any atom is -0.373 e. The molecule has 0 spiro atoms. The van der Waals surface area contributed by atoms with Crippen LogP contribution in [-0.4, -0.2) is 11.7 Å². The first-order chi connectivity index (χ1) is 7.03. The van der Waals surface area contributed by atoms with Crippen LogP contribution >= 0.6 is 10.4 Å². The Hall–Kier alpha value is -1.08. The number of carbonyl (C=O) groups is 1. The third-order valence-electron chi connectivity index (χ3n) is 1.80. The van der Waals surface area contributed by atoms with Crippen molar-refractivity contribution in [1.29, 1.82) is 0 Å². The molecule has 0 aliphatic heterocycles. The molecule has 0 saturated carbocycles. The Balaban J connectivity index is 2.60. The molecule has 0 unspecified atom stereocenters. The monoisotopic (exact) mass is 229 g/mol. The minimum absolute atomic E-state index is 0.0294. The first-order valence-corrected chi connectivity index (χ1v) is 6.41. The predicted molar refractivity (Wildman–Crippen MR) is 61.3 cm³/mol. The van der Waals surface area contributed by atoms with Gasteiger partial charge in [-0.3, -0.25) is 10.3 Å². The molecule has 0 saturated heterocycles. The normalized spacial score (nSPS) is 12.2. The maximum absolute atomic E-state index is 10.9. The third kappa shape index (κ3) is 4.30. The molecule has 0 bridgehead atoms. The van der Waals surface area contributed by atoms with E-state index in [2.05, 4.69) is 4.84 Å². The van der Waals surface area contributed by atoms with Crippen molar-refractivity contribution in [2.45, 2.75) is 5.75 Å². The Labute approximate surface area is 90.1 Å². The van der Waals surface area contributed by atoms with Gasteiger partial charge >= 0.3 is 5.97 Å². The van der Waals surface area contributed by atoms with E-state index < -0.39 is 16.4 Å². The lowest BCUT2D eigenvalue weighted by Gasteiger charge is -2.28. The Morgan fingerprint density at radius 1 is 1.27 bits per heavy atom. The molecule has 0 heterocycles. The highest BCUT2D eigenvalue weighted by Gasteiger charge is 2.19. The van der Waals surface area contributed by atoms with Crippen LogP contribution in [0.5, 0.6) is 0 Å². The molecule has 1 aromatic rings. The van der Waals surface area contributed by atoms with Crippen LogP contribution in [0.3, 0.4) is 0 Å². The van der Waals surface area contributed by atoms with Gasteiger partial charge in [-0.1, -0.05) is 30.3 Å². The molecular formula is C9H15N3O2S. The highest BCUT2D eigenvalue weighted by molar-refractivity contribution is 8.29. The lowest BCUT2D eigenvalue weighted by molar-refractivity contribution is -0.140. The molecule has 15 heavy (non-hydrogen) atoms. The molecule has 6 heteroatoms. The lowest BCUT2D eigenvalue weighted by atomic mass is 10.2. The largest absolute Gasteiger partial charge is 0.373 e. The second kappa shape index (κ2) is 5.13. The van der Waals surface area contributed by atoms with Gasteiger partial charge in [0.05, 0.1) is 0 Å². The van der Waals surface area contributed by atoms with E-state index in [1.165, 1.54) is 0 Å². The Kier molecular flexibility index (Phi) is 4.10. The molecule has 6 N–H and O–H groups in total. The van der Waals surface area contributed by atoms with Gasteiger partial charge in [0.2, 0.25) is 0 Å². The smallest absolute Gasteiger partial charge is 0.335 e. The van der Waals surface area contributed by atoms with Crippen LogP contribution in [0.4, 0.5) is 0 Å². The zero-order valence-electron chi connectivity index (χ0n) is 8.26. The zero-order valence-corrected chi connectivity index (χ0v) is 9.07. The summed E-state index contributed by atoms with van der Waals surface area (Å²) in [7, 11) is -2.00. The highest BCUT2D eigenvalue weighted by atomic mass is 32.3. The van der Waals surface area contributed by atoms with Gasteiger partial charge in [-0.15, -0.1) is 10.4 Å². The molecule has 0 aliphatic rings. The topological polar surface area (TPSA) is 104 Å². The Bertz CT molecular complexity index is 329. The van der Waals surface area contributed by atoms with Crippen molar-refractivity contribution < 1.29 is 9.63 Å². The van der Waals surface area contributed by atoms with E-state index in [1.54, 1.807) is 0 Å². The van der Waals surface area contributed by atoms with Crippen molar-refractivity contribution in [1.82, 2.24) is 0 Å². The van der Waals surface area contributed by atoms with Crippen molar-refractivity contribution in [2.24, 2.45) is 16.2 Å². The van der Waals surface area contributed by atoms with E-state index in [0.717, 1.165) is 5.56 Å². The summed E-state index contributed by atoms with van der Waals surface area (Å²) in [5.74, 6) is 4.59. The number of benzene rings is 1. The number of rotatable bonds is 4. The van der Waals surface area contributed by atoms with E-state index in [4.69, 9.17) is 16.2 Å². The molecule has 0 aromatic heterocycles. The van der Waals surface area contributed by atoms with Gasteiger partial charge in [0.15, 0.2) is 0 Å². The summed E-state index contributed by atoms with van der Waals surface area (Å²) in [6.45, 7) is 0. The molecule has 84 valence electrons. The van der Waals surface area contributed by atoms with Crippen LogP contribution in [0.2, 0.25) is 0 Å². The minimum atomic E-state index is -2.00. The van der Waals surface area contributed by atoms with Gasteiger partial charge in [0.25, 0.3) is 0 Å². The molecule has 0 amide bonds. The van der Waals surface area contributed by atoms with Gasteiger partial charge < -0.3 is 4.84 Å². The van der Waals surface area contributed by atoms with Crippen LogP contribution in [0.15, 0.2) is 30.3 Å². The average molecular weight is 229 g/mol. The number of hydrogen-bond acceptors (Lipinski definition) is 5. The summed E-state index contributed by atoms with van der Waals surface area (Å²) < 4.78 is 0. The maximum Gasteiger partial charge on any atom is 0.335 e. The summed E-state index contributed by atoms with van der Waals surface area (Å²) >= 11 is 0. The standard InChI is InChI=1S/C9H15N3O2S/c10-14-9(13)7-15(11,12)6-8-4-2-1-3-5-8/h1-5H,6-7,10-12H2. The summed E-state index contributed by atoms with van der Waals surface area (Å²) in [5, 5.41) is 11.7.